The van der Waals surface area contributed by atoms with Crippen LogP contribution in [-0.2, 0) is 6.54 Å². The number of benzene rings is 1. The molecule has 19 heavy (non-hydrogen) atoms. The standard InChI is InChI=1S/C15H21BrN2S/c1-11-10-19-7-6-18(11)14-5-2-12(15(16)8-14)9-17-13-3-4-13/h2,5,8,11,13,17H,3-4,6-7,9-10H2,1H3. The third kappa shape index (κ3) is 3.47. The molecule has 1 aromatic rings. The lowest BCUT2D eigenvalue weighted by Gasteiger charge is -2.35. The molecule has 1 aliphatic heterocycles. The maximum absolute atomic E-state index is 3.73. The van der Waals surface area contributed by atoms with E-state index in [2.05, 4.69) is 63.0 Å². The van der Waals surface area contributed by atoms with Gasteiger partial charge in [0.2, 0.25) is 0 Å². The molecule has 0 aromatic heterocycles. The van der Waals surface area contributed by atoms with E-state index < -0.39 is 0 Å². The van der Waals surface area contributed by atoms with Crippen LogP contribution in [0.3, 0.4) is 0 Å². The molecule has 1 heterocycles. The molecule has 1 unspecified atom stereocenters. The van der Waals surface area contributed by atoms with E-state index in [0.29, 0.717) is 6.04 Å². The molecular weight excluding hydrogens is 320 g/mol. The first kappa shape index (κ1) is 13.8. The van der Waals surface area contributed by atoms with Crippen molar-refractivity contribution in [1.82, 2.24) is 5.32 Å². The normalized spacial score (nSPS) is 23.7. The van der Waals surface area contributed by atoms with Crippen LogP contribution in [0.2, 0.25) is 0 Å². The largest absolute Gasteiger partial charge is 0.367 e. The zero-order chi connectivity index (χ0) is 13.2. The van der Waals surface area contributed by atoms with Gasteiger partial charge in [-0.2, -0.15) is 11.8 Å². The molecule has 1 N–H and O–H groups in total. The Kier molecular flexibility index (Phi) is 4.40. The molecule has 0 amide bonds. The zero-order valence-electron chi connectivity index (χ0n) is 11.4. The fraction of sp³-hybridized carbons (Fsp3) is 0.600. The molecule has 2 nitrogen and oxygen atoms in total. The van der Waals surface area contributed by atoms with Crippen LogP contribution >= 0.6 is 27.7 Å². The fourth-order valence-corrected chi connectivity index (χ4v) is 4.03. The number of nitrogens with one attached hydrogen (secondary N) is 1. The average Bonchev–Trinajstić information content (AvgIpc) is 3.22. The molecule has 4 heteroatoms. The minimum absolute atomic E-state index is 0.640. The van der Waals surface area contributed by atoms with Gasteiger partial charge >= 0.3 is 0 Å². The molecule has 3 rings (SSSR count). The van der Waals surface area contributed by atoms with Crippen LogP contribution in [0.25, 0.3) is 0 Å². The van der Waals surface area contributed by atoms with Crippen molar-refractivity contribution in [3.63, 3.8) is 0 Å². The summed E-state index contributed by atoms with van der Waals surface area (Å²) >= 11 is 5.80. The van der Waals surface area contributed by atoms with E-state index in [-0.39, 0.29) is 0 Å². The van der Waals surface area contributed by atoms with E-state index in [4.69, 9.17) is 0 Å². The van der Waals surface area contributed by atoms with Crippen molar-refractivity contribution >= 4 is 33.4 Å². The highest BCUT2D eigenvalue weighted by Gasteiger charge is 2.21. The van der Waals surface area contributed by atoms with Crippen LogP contribution in [0, 0.1) is 0 Å². The summed E-state index contributed by atoms with van der Waals surface area (Å²) in [7, 11) is 0. The molecule has 1 saturated carbocycles. The Labute approximate surface area is 128 Å². The highest BCUT2D eigenvalue weighted by Crippen LogP contribution is 2.29. The van der Waals surface area contributed by atoms with Gasteiger partial charge < -0.3 is 10.2 Å². The maximum Gasteiger partial charge on any atom is 0.0380 e. The Morgan fingerprint density at radius 1 is 1.42 bits per heavy atom. The van der Waals surface area contributed by atoms with Gasteiger partial charge in [0.1, 0.15) is 0 Å². The molecule has 0 spiro atoms. The second-order valence-electron chi connectivity index (χ2n) is 5.55. The second kappa shape index (κ2) is 6.06. The van der Waals surface area contributed by atoms with Crippen molar-refractivity contribution in [3.8, 4) is 0 Å². The van der Waals surface area contributed by atoms with Crippen LogP contribution in [0.4, 0.5) is 5.69 Å². The lowest BCUT2D eigenvalue weighted by molar-refractivity contribution is 0.683. The Morgan fingerprint density at radius 3 is 2.95 bits per heavy atom. The Hall–Kier alpha value is -0.190. The van der Waals surface area contributed by atoms with Crippen molar-refractivity contribution < 1.29 is 0 Å². The first-order chi connectivity index (χ1) is 9.24. The highest BCUT2D eigenvalue weighted by molar-refractivity contribution is 9.10. The fourth-order valence-electron chi connectivity index (χ4n) is 2.51. The predicted octanol–water partition coefficient (Wildman–Crippen LogP) is 3.64. The zero-order valence-corrected chi connectivity index (χ0v) is 13.8. The minimum Gasteiger partial charge on any atom is -0.367 e. The van der Waals surface area contributed by atoms with E-state index in [1.54, 1.807) is 0 Å². The maximum atomic E-state index is 3.73. The summed E-state index contributed by atoms with van der Waals surface area (Å²) in [5.41, 5.74) is 2.73. The average molecular weight is 341 g/mol. The molecule has 0 radical (unpaired) electrons. The number of nitrogens with zero attached hydrogens (tertiary/aromatic N) is 1. The van der Waals surface area contributed by atoms with Crippen molar-refractivity contribution in [2.45, 2.75) is 38.4 Å². The summed E-state index contributed by atoms with van der Waals surface area (Å²) in [5, 5.41) is 3.57. The number of halogens is 1. The van der Waals surface area contributed by atoms with Crippen molar-refractivity contribution in [2.75, 3.05) is 23.0 Å². The Morgan fingerprint density at radius 2 is 2.26 bits per heavy atom. The van der Waals surface area contributed by atoms with Gasteiger partial charge in [-0.3, -0.25) is 0 Å². The van der Waals surface area contributed by atoms with Gasteiger partial charge in [0.15, 0.2) is 0 Å². The van der Waals surface area contributed by atoms with Gasteiger partial charge in [0.25, 0.3) is 0 Å². The SMILES string of the molecule is CC1CSCCN1c1ccc(CNC2CC2)c(Br)c1. The van der Waals surface area contributed by atoms with E-state index in [0.717, 1.165) is 19.1 Å². The molecule has 2 aliphatic rings. The van der Waals surface area contributed by atoms with E-state index in [1.165, 1.54) is 40.1 Å². The van der Waals surface area contributed by atoms with Gasteiger partial charge in [-0.1, -0.05) is 22.0 Å². The molecule has 1 atom stereocenters. The quantitative estimate of drug-likeness (QED) is 0.900. The minimum atomic E-state index is 0.640. The number of hydrogen-bond acceptors (Lipinski definition) is 3. The number of rotatable bonds is 4. The van der Waals surface area contributed by atoms with Crippen LogP contribution in [0.5, 0.6) is 0 Å². The molecular formula is C15H21BrN2S. The van der Waals surface area contributed by atoms with E-state index in [9.17, 15) is 0 Å². The van der Waals surface area contributed by atoms with Crippen molar-refractivity contribution in [2.24, 2.45) is 0 Å². The third-order valence-electron chi connectivity index (χ3n) is 3.89. The van der Waals surface area contributed by atoms with Crippen LogP contribution in [0.1, 0.15) is 25.3 Å². The summed E-state index contributed by atoms with van der Waals surface area (Å²) in [6.45, 7) is 4.47. The highest BCUT2D eigenvalue weighted by atomic mass is 79.9. The third-order valence-corrected chi connectivity index (χ3v) is 5.82. The van der Waals surface area contributed by atoms with E-state index >= 15 is 0 Å². The first-order valence-electron chi connectivity index (χ1n) is 7.10. The lowest BCUT2D eigenvalue weighted by atomic mass is 10.1. The topological polar surface area (TPSA) is 15.3 Å². The van der Waals surface area contributed by atoms with Crippen LogP contribution in [0.15, 0.2) is 22.7 Å². The summed E-state index contributed by atoms with van der Waals surface area (Å²) in [5.74, 6) is 2.48. The summed E-state index contributed by atoms with van der Waals surface area (Å²) in [6, 6.07) is 8.24. The summed E-state index contributed by atoms with van der Waals surface area (Å²) in [6.07, 6.45) is 2.69. The predicted molar refractivity (Wildman–Crippen MR) is 88.1 cm³/mol. The molecule has 104 valence electrons. The van der Waals surface area contributed by atoms with Gasteiger partial charge in [-0.05, 0) is 37.5 Å². The van der Waals surface area contributed by atoms with Crippen LogP contribution in [-0.4, -0.2) is 30.1 Å². The molecule has 1 saturated heterocycles. The molecule has 1 aromatic carbocycles. The van der Waals surface area contributed by atoms with Crippen LogP contribution < -0.4 is 10.2 Å². The van der Waals surface area contributed by atoms with Crippen molar-refractivity contribution in [1.29, 1.82) is 0 Å². The van der Waals surface area contributed by atoms with E-state index in [1.807, 2.05) is 0 Å². The molecule has 1 aliphatic carbocycles. The lowest BCUT2D eigenvalue weighted by Crippen LogP contribution is -2.40. The first-order valence-corrected chi connectivity index (χ1v) is 9.05. The van der Waals surface area contributed by atoms with Gasteiger partial charge in [-0.15, -0.1) is 0 Å². The smallest absolute Gasteiger partial charge is 0.0380 e. The van der Waals surface area contributed by atoms with Crippen molar-refractivity contribution in [3.05, 3.63) is 28.2 Å². The Bertz CT molecular complexity index is 448. The van der Waals surface area contributed by atoms with Gasteiger partial charge in [-0.25, -0.2) is 0 Å². The van der Waals surface area contributed by atoms with Gasteiger partial charge in [0.05, 0.1) is 0 Å². The molecule has 2 fully saturated rings. The second-order valence-corrected chi connectivity index (χ2v) is 7.55. The number of thioether (sulfide) groups is 1. The number of hydrogen-bond donors (Lipinski definition) is 1. The van der Waals surface area contributed by atoms with Gasteiger partial charge in [0, 0.05) is 46.8 Å². The summed E-state index contributed by atoms with van der Waals surface area (Å²) < 4.78 is 1.24. The monoisotopic (exact) mass is 340 g/mol. The Balaban J connectivity index is 1.70. The number of anilines is 1. The summed E-state index contributed by atoms with van der Waals surface area (Å²) in [4.78, 5) is 2.53. The molecule has 0 bridgehead atoms.